The summed E-state index contributed by atoms with van der Waals surface area (Å²) in [4.78, 5) is 26.5. The van der Waals surface area contributed by atoms with Crippen LogP contribution < -0.4 is 19.5 Å². The van der Waals surface area contributed by atoms with Gasteiger partial charge in [-0.15, -0.1) is 0 Å². The van der Waals surface area contributed by atoms with Gasteiger partial charge in [0.05, 0.1) is 0 Å². The van der Waals surface area contributed by atoms with E-state index < -0.39 is 28.5 Å². The van der Waals surface area contributed by atoms with Gasteiger partial charge in [0, 0.05) is 36.3 Å². The molecule has 0 saturated carbocycles. The number of aliphatic imine (C=N–C) groups is 1. The topological polar surface area (TPSA) is 131 Å². The van der Waals surface area contributed by atoms with Gasteiger partial charge in [0.1, 0.15) is 30.9 Å². The standard InChI is InChI=1S/C25H23FN4O5S/c26-24-21-11-18(20(13-27)14-28-9-4-10-31)7-8-19(21)12-22(35-16-17-5-2-1-3-6-17)25(24)30-15-23(32)29-36(30,33)34/h1-3,5-8,10-14H,4,9,15-16,27H2,(H,29,32). The highest BCUT2D eigenvalue weighted by Crippen LogP contribution is 2.40. The number of hydrogen-bond acceptors (Lipinski definition) is 7. The molecule has 0 spiro atoms. The molecule has 1 aliphatic rings. The lowest BCUT2D eigenvalue weighted by atomic mass is 10.0. The highest BCUT2D eigenvalue weighted by molar-refractivity contribution is 7.92. The average molecular weight is 511 g/mol. The second-order valence-corrected chi connectivity index (χ2v) is 9.49. The van der Waals surface area contributed by atoms with Crippen LogP contribution in [-0.4, -0.2) is 39.9 Å². The van der Waals surface area contributed by atoms with Crippen molar-refractivity contribution in [3.8, 4) is 5.75 Å². The monoisotopic (exact) mass is 510 g/mol. The Balaban J connectivity index is 1.81. The summed E-state index contributed by atoms with van der Waals surface area (Å²) >= 11 is 0. The van der Waals surface area contributed by atoms with Gasteiger partial charge in [-0.25, -0.2) is 13.4 Å². The van der Waals surface area contributed by atoms with Crippen molar-refractivity contribution in [2.45, 2.75) is 13.0 Å². The number of ether oxygens (including phenoxy) is 1. The molecule has 3 aromatic carbocycles. The maximum absolute atomic E-state index is 16.0. The Kier molecular flexibility index (Phi) is 7.30. The van der Waals surface area contributed by atoms with E-state index in [1.54, 1.807) is 12.1 Å². The molecule has 9 nitrogen and oxygen atoms in total. The van der Waals surface area contributed by atoms with E-state index in [0.29, 0.717) is 20.8 Å². The molecule has 36 heavy (non-hydrogen) atoms. The van der Waals surface area contributed by atoms with Crippen molar-refractivity contribution in [1.82, 2.24) is 4.72 Å². The highest BCUT2D eigenvalue weighted by atomic mass is 32.2. The molecular formula is C25H23FN4O5S. The van der Waals surface area contributed by atoms with E-state index in [1.807, 2.05) is 35.1 Å². The number of aldehydes is 1. The predicted molar refractivity (Wildman–Crippen MR) is 135 cm³/mol. The molecular weight excluding hydrogens is 487 g/mol. The third kappa shape index (κ3) is 5.20. The van der Waals surface area contributed by atoms with Crippen molar-refractivity contribution in [2.24, 2.45) is 10.7 Å². The van der Waals surface area contributed by atoms with E-state index >= 15 is 4.39 Å². The molecule has 3 N–H and O–H groups in total. The largest absolute Gasteiger partial charge is 0.487 e. The van der Waals surface area contributed by atoms with Crippen LogP contribution in [0.3, 0.4) is 0 Å². The number of hydrogen-bond donors (Lipinski definition) is 2. The number of carbonyl (C=O) groups excluding carboxylic acids is 2. The average Bonchev–Trinajstić information content (AvgIpc) is 3.14. The van der Waals surface area contributed by atoms with Crippen molar-refractivity contribution in [2.75, 3.05) is 17.4 Å². The predicted octanol–water partition coefficient (Wildman–Crippen LogP) is 2.70. The van der Waals surface area contributed by atoms with Crippen LogP contribution in [0.5, 0.6) is 5.75 Å². The molecule has 11 heteroatoms. The first-order chi connectivity index (χ1) is 17.3. The first-order valence-corrected chi connectivity index (χ1v) is 12.4. The maximum atomic E-state index is 16.0. The van der Waals surface area contributed by atoms with Gasteiger partial charge in [0.15, 0.2) is 5.82 Å². The van der Waals surface area contributed by atoms with Crippen molar-refractivity contribution >= 4 is 50.7 Å². The number of anilines is 1. The molecule has 1 aliphatic heterocycles. The number of halogens is 1. The lowest BCUT2D eigenvalue weighted by Gasteiger charge is -2.21. The fourth-order valence-corrected chi connectivity index (χ4v) is 4.88. The maximum Gasteiger partial charge on any atom is 0.326 e. The fraction of sp³-hybridized carbons (Fsp3) is 0.160. The number of fused-ring (bicyclic) bond motifs is 1. The minimum Gasteiger partial charge on any atom is -0.487 e. The summed E-state index contributed by atoms with van der Waals surface area (Å²) in [6.45, 7) is -0.240. The highest BCUT2D eigenvalue weighted by Gasteiger charge is 2.38. The molecule has 1 heterocycles. The van der Waals surface area contributed by atoms with Gasteiger partial charge in [-0.05, 0) is 28.6 Å². The Morgan fingerprint density at radius 1 is 1.19 bits per heavy atom. The van der Waals surface area contributed by atoms with E-state index in [9.17, 15) is 18.0 Å². The Morgan fingerprint density at radius 3 is 2.64 bits per heavy atom. The second-order valence-electron chi connectivity index (χ2n) is 7.90. The number of amides is 1. The zero-order chi connectivity index (χ0) is 25.7. The van der Waals surface area contributed by atoms with Gasteiger partial charge in [-0.3, -0.25) is 9.79 Å². The molecule has 1 saturated heterocycles. The number of rotatable bonds is 9. The van der Waals surface area contributed by atoms with Crippen LogP contribution >= 0.6 is 0 Å². The van der Waals surface area contributed by atoms with Gasteiger partial charge in [-0.1, -0.05) is 42.5 Å². The molecule has 4 rings (SSSR count). The number of nitrogens with one attached hydrogen (secondary N) is 1. The molecule has 186 valence electrons. The summed E-state index contributed by atoms with van der Waals surface area (Å²) in [5.74, 6) is -1.68. The molecule has 0 aromatic heterocycles. The summed E-state index contributed by atoms with van der Waals surface area (Å²) in [6, 6.07) is 15.5. The van der Waals surface area contributed by atoms with Crippen molar-refractivity contribution < 1.29 is 27.1 Å². The molecule has 0 aliphatic carbocycles. The number of nitrogens with zero attached hydrogens (tertiary/aromatic N) is 2. The molecule has 0 radical (unpaired) electrons. The van der Waals surface area contributed by atoms with Crippen molar-refractivity contribution in [1.29, 1.82) is 0 Å². The van der Waals surface area contributed by atoms with Crippen LogP contribution in [0.4, 0.5) is 10.1 Å². The summed E-state index contributed by atoms with van der Waals surface area (Å²) in [5, 5.41) is 0.554. The van der Waals surface area contributed by atoms with Crippen molar-refractivity contribution in [3.05, 3.63) is 77.7 Å². The molecule has 3 aromatic rings. The minimum absolute atomic E-state index is 0.0262. The van der Waals surface area contributed by atoms with E-state index in [0.717, 1.165) is 11.8 Å². The van der Waals surface area contributed by atoms with E-state index in [-0.39, 0.29) is 36.4 Å². The van der Waals surface area contributed by atoms with Gasteiger partial charge in [-0.2, -0.15) is 8.42 Å². The minimum atomic E-state index is -4.30. The van der Waals surface area contributed by atoms with E-state index in [2.05, 4.69) is 4.99 Å². The van der Waals surface area contributed by atoms with Crippen LogP contribution in [-0.2, 0) is 26.4 Å². The van der Waals surface area contributed by atoms with Gasteiger partial charge >= 0.3 is 10.2 Å². The quantitative estimate of drug-likeness (QED) is 0.259. The van der Waals surface area contributed by atoms with Gasteiger partial charge < -0.3 is 15.3 Å². The van der Waals surface area contributed by atoms with Crippen molar-refractivity contribution in [3.63, 3.8) is 0 Å². The number of nitrogens with two attached hydrogens (primary N) is 1. The Hall–Kier alpha value is -4.25. The normalized spacial score (nSPS) is 15.4. The zero-order valence-electron chi connectivity index (χ0n) is 19.1. The fourth-order valence-electron chi connectivity index (χ4n) is 3.72. The van der Waals surface area contributed by atoms with Crippen LogP contribution in [0.25, 0.3) is 16.3 Å². The van der Waals surface area contributed by atoms with Crippen LogP contribution in [0, 0.1) is 5.82 Å². The number of allylic oxidation sites excluding steroid dienone is 1. The number of benzene rings is 3. The lowest BCUT2D eigenvalue weighted by molar-refractivity contribution is -0.117. The Bertz CT molecular complexity index is 1470. The Labute approximate surface area is 207 Å². The summed E-state index contributed by atoms with van der Waals surface area (Å²) in [7, 11) is -4.30. The number of carbonyl (C=O) groups is 2. The SMILES string of the molecule is NC=C(C=NCCC=O)c1ccc2cc(OCc3ccccc3)c(N3CC(=O)NS3(=O)=O)c(F)c2c1. The van der Waals surface area contributed by atoms with Gasteiger partial charge in [0.2, 0.25) is 0 Å². The van der Waals surface area contributed by atoms with E-state index in [1.165, 1.54) is 24.5 Å². The second kappa shape index (κ2) is 10.6. The molecule has 0 atom stereocenters. The van der Waals surface area contributed by atoms with E-state index in [4.69, 9.17) is 10.5 Å². The van der Waals surface area contributed by atoms with Gasteiger partial charge in [0.25, 0.3) is 5.91 Å². The summed E-state index contributed by atoms with van der Waals surface area (Å²) in [5.41, 5.74) is 7.17. The summed E-state index contributed by atoms with van der Waals surface area (Å²) < 4.78 is 49.6. The zero-order valence-corrected chi connectivity index (χ0v) is 19.9. The molecule has 0 bridgehead atoms. The molecule has 1 fully saturated rings. The third-order valence-corrected chi connectivity index (χ3v) is 6.82. The third-order valence-electron chi connectivity index (χ3n) is 5.44. The first kappa shape index (κ1) is 24.9. The first-order valence-electron chi connectivity index (χ1n) is 11.0. The lowest BCUT2D eigenvalue weighted by Crippen LogP contribution is -2.30. The van der Waals surface area contributed by atoms with Crippen LogP contribution in [0.15, 0.2) is 65.8 Å². The molecule has 0 unspecified atom stereocenters. The molecule has 1 amide bonds. The smallest absolute Gasteiger partial charge is 0.326 e. The summed E-state index contributed by atoms with van der Waals surface area (Å²) in [6.07, 6.45) is 3.79. The van der Waals surface area contributed by atoms with Crippen LogP contribution in [0.1, 0.15) is 17.5 Å². The van der Waals surface area contributed by atoms with Crippen LogP contribution in [0.2, 0.25) is 0 Å². The Morgan fingerprint density at radius 2 is 1.97 bits per heavy atom.